The summed E-state index contributed by atoms with van der Waals surface area (Å²) in [5.74, 6) is -2.34. The van der Waals surface area contributed by atoms with Crippen LogP contribution in [0.4, 0.5) is 13.2 Å². The van der Waals surface area contributed by atoms with E-state index in [9.17, 15) is 18.0 Å². The molecule has 0 amide bonds. The van der Waals surface area contributed by atoms with Crippen molar-refractivity contribution in [3.05, 3.63) is 95.5 Å². The minimum Gasteiger partial charge on any atom is -0.361 e. The first-order chi connectivity index (χ1) is 20.4. The monoisotopic (exact) mass is 578 g/mol. The first-order valence-corrected chi connectivity index (χ1v) is 14.4. The van der Waals surface area contributed by atoms with Crippen molar-refractivity contribution in [1.82, 2.24) is 29.9 Å². The van der Waals surface area contributed by atoms with Crippen LogP contribution in [0.15, 0.2) is 61.1 Å². The normalized spacial score (nSPS) is 17.6. The van der Waals surface area contributed by atoms with E-state index in [1.54, 1.807) is 0 Å². The second-order valence-electron chi connectivity index (χ2n) is 11.0. The van der Waals surface area contributed by atoms with Crippen LogP contribution in [0, 0.1) is 17.5 Å². The number of carbonyl (C=O) groups is 1. The predicted octanol–water partition coefficient (Wildman–Crippen LogP) is 5.90. The van der Waals surface area contributed by atoms with Gasteiger partial charge in [0, 0.05) is 48.6 Å². The Labute approximate surface area is 244 Å². The number of carbonyl (C=O) groups excluding carboxylic acids is 1. The second kappa shape index (κ2) is 14.0. The Morgan fingerprint density at radius 2 is 1.71 bits per heavy atom. The Morgan fingerprint density at radius 3 is 2.38 bits per heavy atom. The van der Waals surface area contributed by atoms with E-state index in [1.807, 2.05) is 12.4 Å². The molecule has 2 fully saturated rings. The molecular weight excluding hydrogens is 541 g/mol. The van der Waals surface area contributed by atoms with Gasteiger partial charge in [-0.3, -0.25) is 4.79 Å². The zero-order valence-corrected chi connectivity index (χ0v) is 23.8. The summed E-state index contributed by atoms with van der Waals surface area (Å²) in [6.07, 6.45) is 13.6. The molecule has 0 unspecified atom stereocenters. The lowest BCUT2D eigenvalue weighted by atomic mass is 9.89. The van der Waals surface area contributed by atoms with Crippen LogP contribution in [0.3, 0.4) is 0 Å². The third kappa shape index (κ3) is 7.18. The molecule has 42 heavy (non-hydrogen) atoms. The molecule has 0 spiro atoms. The molecule has 7 nitrogen and oxygen atoms in total. The number of aromatic amines is 2. The van der Waals surface area contributed by atoms with Crippen LogP contribution in [-0.2, 0) is 11.3 Å². The van der Waals surface area contributed by atoms with Crippen LogP contribution in [0.2, 0.25) is 0 Å². The third-order valence-corrected chi connectivity index (χ3v) is 8.25. The van der Waals surface area contributed by atoms with E-state index in [-0.39, 0.29) is 5.56 Å². The lowest BCUT2D eigenvalue weighted by molar-refractivity contribution is -0.104. The topological polar surface area (TPSA) is 71.3 Å². The molecule has 10 heteroatoms. The molecule has 2 aromatic heterocycles. The van der Waals surface area contributed by atoms with Gasteiger partial charge < -0.3 is 14.9 Å². The van der Waals surface area contributed by atoms with Crippen LogP contribution in [0.1, 0.15) is 48.6 Å². The van der Waals surface area contributed by atoms with Gasteiger partial charge in [-0.15, -0.1) is 0 Å². The zero-order chi connectivity index (χ0) is 29.5. The fourth-order valence-electron chi connectivity index (χ4n) is 5.98. The number of allylic oxidation sites excluding steroid dienone is 1. The molecular formula is C32H37F3N6O. The molecule has 0 radical (unpaired) electrons. The first-order valence-electron chi connectivity index (χ1n) is 14.4. The summed E-state index contributed by atoms with van der Waals surface area (Å²) in [7, 11) is 2.24. The number of hydrogen-bond donors (Lipinski definition) is 2. The Kier molecular flexibility index (Phi) is 9.89. The number of piperidine rings is 2. The predicted molar refractivity (Wildman–Crippen MR) is 158 cm³/mol. The average Bonchev–Trinajstić information content (AvgIpc) is 3.69. The molecule has 0 atom stereocenters. The summed E-state index contributed by atoms with van der Waals surface area (Å²) in [6, 6.07) is 10.9. The van der Waals surface area contributed by atoms with Gasteiger partial charge in [-0.05, 0) is 87.1 Å². The molecule has 6 rings (SSSR count). The second-order valence-corrected chi connectivity index (χ2v) is 11.0. The van der Waals surface area contributed by atoms with Crippen molar-refractivity contribution >= 4 is 23.3 Å². The van der Waals surface area contributed by atoms with Crippen molar-refractivity contribution in [3.63, 3.8) is 0 Å². The van der Waals surface area contributed by atoms with E-state index in [0.717, 1.165) is 43.7 Å². The summed E-state index contributed by atoms with van der Waals surface area (Å²) < 4.78 is 37.4. The van der Waals surface area contributed by atoms with Gasteiger partial charge in [0.15, 0.2) is 17.5 Å². The standard InChI is InChI=1S/C23H32N6.C9H5F3O/c1-27-12-8-19(9-13-27)29(17-23-24-10-11-25-23)28-14-6-18(7-15-28)21-16-26-22-5-3-2-4-20(21)22;10-7-4-6(2-1-3-13)5-8(11)9(7)12/h2-5,10-11,16,18-19,26H,6-9,12-15,17H2,1H3,(H,24,25);1-5H/b;2-1+. The fraction of sp³-hybridized carbons (Fsp3) is 0.375. The molecule has 2 aliphatic heterocycles. The number of imidazole rings is 1. The molecule has 0 saturated carbocycles. The maximum absolute atomic E-state index is 12.5. The smallest absolute Gasteiger partial charge is 0.194 e. The van der Waals surface area contributed by atoms with Crippen LogP contribution in [0.25, 0.3) is 17.0 Å². The molecule has 0 aliphatic carbocycles. The Morgan fingerprint density at radius 1 is 1.00 bits per heavy atom. The van der Waals surface area contributed by atoms with Gasteiger partial charge >= 0.3 is 0 Å². The number of benzene rings is 2. The van der Waals surface area contributed by atoms with Gasteiger partial charge in [-0.1, -0.05) is 24.3 Å². The molecule has 2 aliphatic rings. The number of aldehydes is 1. The number of rotatable bonds is 7. The van der Waals surface area contributed by atoms with E-state index in [4.69, 9.17) is 0 Å². The highest BCUT2D eigenvalue weighted by molar-refractivity contribution is 5.83. The maximum Gasteiger partial charge on any atom is 0.194 e. The number of hydrogen-bond acceptors (Lipinski definition) is 5. The van der Waals surface area contributed by atoms with Crippen LogP contribution in [0.5, 0.6) is 0 Å². The van der Waals surface area contributed by atoms with Gasteiger partial charge in [0.25, 0.3) is 0 Å². The van der Waals surface area contributed by atoms with Gasteiger partial charge in [-0.2, -0.15) is 0 Å². The van der Waals surface area contributed by atoms with Crippen molar-refractivity contribution in [2.24, 2.45) is 0 Å². The molecule has 0 bridgehead atoms. The SMILES string of the molecule is CN1CCC(N(Cc2ncc[nH]2)N2CCC(c3c[nH]c4ccccc34)CC2)CC1.O=C/C=C/c1cc(F)c(F)c(F)c1. The highest BCUT2D eigenvalue weighted by atomic mass is 19.2. The van der Waals surface area contributed by atoms with E-state index in [2.05, 4.69) is 67.4 Å². The summed E-state index contributed by atoms with van der Waals surface area (Å²) in [5, 5.41) is 6.63. The van der Waals surface area contributed by atoms with E-state index in [1.165, 1.54) is 61.3 Å². The highest BCUT2D eigenvalue weighted by Gasteiger charge is 2.32. The van der Waals surface area contributed by atoms with Gasteiger partial charge in [0.1, 0.15) is 12.1 Å². The lowest BCUT2D eigenvalue weighted by Gasteiger charge is -2.45. The first kappa shape index (κ1) is 29.8. The Hall–Kier alpha value is -3.73. The van der Waals surface area contributed by atoms with Crippen molar-refractivity contribution in [3.8, 4) is 0 Å². The zero-order valence-electron chi connectivity index (χ0n) is 23.8. The van der Waals surface area contributed by atoms with Crippen molar-refractivity contribution in [2.75, 3.05) is 33.2 Å². The number of likely N-dealkylation sites (tertiary alicyclic amines) is 1. The largest absolute Gasteiger partial charge is 0.361 e. The van der Waals surface area contributed by atoms with Crippen molar-refractivity contribution < 1.29 is 18.0 Å². The highest BCUT2D eigenvalue weighted by Crippen LogP contribution is 2.34. The van der Waals surface area contributed by atoms with Crippen molar-refractivity contribution in [1.29, 1.82) is 0 Å². The third-order valence-electron chi connectivity index (χ3n) is 8.25. The number of aromatic nitrogens is 3. The molecule has 4 heterocycles. The number of para-hydroxylation sites is 1. The number of nitrogens with zero attached hydrogens (tertiary/aromatic N) is 4. The molecule has 2 N–H and O–H groups in total. The number of hydrazine groups is 1. The average molecular weight is 579 g/mol. The quantitative estimate of drug-likeness (QED) is 0.162. The number of halogens is 3. The summed E-state index contributed by atoms with van der Waals surface area (Å²) in [5.41, 5.74) is 2.86. The number of fused-ring (bicyclic) bond motifs is 1. The Balaban J connectivity index is 0.000000229. The van der Waals surface area contributed by atoms with Gasteiger partial charge in [0.2, 0.25) is 0 Å². The van der Waals surface area contributed by atoms with Crippen molar-refractivity contribution in [2.45, 2.75) is 44.2 Å². The van der Waals surface area contributed by atoms with Gasteiger partial charge in [0.05, 0.1) is 6.54 Å². The fourth-order valence-corrected chi connectivity index (χ4v) is 5.98. The summed E-state index contributed by atoms with van der Waals surface area (Å²) >= 11 is 0. The summed E-state index contributed by atoms with van der Waals surface area (Å²) in [6.45, 7) is 5.50. The lowest BCUT2D eigenvalue weighted by Crippen LogP contribution is -2.54. The molecule has 4 aromatic rings. The molecule has 222 valence electrons. The number of H-pyrrole nitrogens is 2. The molecule has 2 saturated heterocycles. The van der Waals surface area contributed by atoms with Gasteiger partial charge in [-0.25, -0.2) is 28.2 Å². The minimum atomic E-state index is -1.51. The van der Waals surface area contributed by atoms with E-state index < -0.39 is 17.5 Å². The van der Waals surface area contributed by atoms with Crippen LogP contribution < -0.4 is 0 Å². The minimum absolute atomic E-state index is 0.100. The molecule has 2 aromatic carbocycles. The van der Waals surface area contributed by atoms with Crippen LogP contribution >= 0.6 is 0 Å². The van der Waals surface area contributed by atoms with Crippen LogP contribution in [-0.4, -0.2) is 75.4 Å². The number of nitrogens with one attached hydrogen (secondary N) is 2. The summed E-state index contributed by atoms with van der Waals surface area (Å²) in [4.78, 5) is 23.6. The van der Waals surface area contributed by atoms with E-state index >= 15 is 0 Å². The Bertz CT molecular complexity index is 1450. The maximum atomic E-state index is 12.5. The van der Waals surface area contributed by atoms with E-state index in [0.29, 0.717) is 18.2 Å².